The number of carbonyl (C=O) groups is 2. The lowest BCUT2D eigenvalue weighted by Gasteiger charge is -2.23. The van der Waals surface area contributed by atoms with Crippen molar-refractivity contribution < 1.29 is 14.5 Å². The van der Waals surface area contributed by atoms with E-state index in [4.69, 9.17) is 0 Å². The molecule has 146 valence electrons. The molecule has 1 atom stereocenters. The van der Waals surface area contributed by atoms with E-state index in [2.05, 4.69) is 28.8 Å². The third-order valence-electron chi connectivity index (χ3n) is 5.42. The van der Waals surface area contributed by atoms with E-state index >= 15 is 0 Å². The van der Waals surface area contributed by atoms with Crippen LogP contribution in [-0.2, 0) is 22.7 Å². The van der Waals surface area contributed by atoms with Gasteiger partial charge >= 0.3 is 0 Å². The number of benzene rings is 2. The van der Waals surface area contributed by atoms with E-state index in [-0.39, 0.29) is 23.5 Å². The molecule has 2 amide bonds. The minimum absolute atomic E-state index is 0.0876. The smallest absolute Gasteiger partial charge is 0.238 e. The van der Waals surface area contributed by atoms with E-state index < -0.39 is 0 Å². The number of nitrogens with one attached hydrogen (secondary N) is 3. The van der Waals surface area contributed by atoms with Crippen molar-refractivity contribution >= 4 is 29.3 Å². The molecule has 2 aromatic carbocycles. The second kappa shape index (κ2) is 8.80. The standard InChI is InChI=1S/C22H25N3O2S/c26-21(13-20-22(27)24-18-9-3-4-10-19(18)28-20)23-14-16-7-1-2-8-17(16)15-25-11-5-6-12-25/h1-4,7-10,20H,5-6,11-15H2,(H,23,26)(H,24,27)/p+1/t20-/m1/s1. The average Bonchev–Trinajstić information content (AvgIpc) is 3.21. The Morgan fingerprint density at radius 2 is 1.79 bits per heavy atom. The van der Waals surface area contributed by atoms with Crippen LogP contribution in [0.5, 0.6) is 0 Å². The molecule has 0 spiro atoms. The van der Waals surface area contributed by atoms with Crippen LogP contribution in [0.15, 0.2) is 53.4 Å². The van der Waals surface area contributed by atoms with Crippen molar-refractivity contribution in [2.75, 3.05) is 18.4 Å². The first kappa shape index (κ1) is 19.0. The zero-order valence-electron chi connectivity index (χ0n) is 15.9. The van der Waals surface area contributed by atoms with E-state index in [1.54, 1.807) is 4.90 Å². The van der Waals surface area contributed by atoms with Gasteiger partial charge in [0.15, 0.2) is 0 Å². The molecular weight excluding hydrogens is 370 g/mol. The number of hydrogen-bond donors (Lipinski definition) is 3. The summed E-state index contributed by atoms with van der Waals surface area (Å²) in [4.78, 5) is 27.4. The normalized spacial score (nSPS) is 19.1. The molecule has 0 unspecified atom stereocenters. The van der Waals surface area contributed by atoms with Crippen LogP contribution in [0.4, 0.5) is 5.69 Å². The average molecular weight is 397 g/mol. The Hall–Kier alpha value is -2.31. The molecule has 2 aromatic rings. The van der Waals surface area contributed by atoms with E-state index in [1.165, 1.54) is 48.8 Å². The summed E-state index contributed by atoms with van der Waals surface area (Å²) in [5.74, 6) is -0.188. The maximum atomic E-state index is 12.5. The first-order chi connectivity index (χ1) is 13.7. The van der Waals surface area contributed by atoms with Crippen molar-refractivity contribution in [1.29, 1.82) is 0 Å². The number of hydrogen-bond acceptors (Lipinski definition) is 3. The molecule has 4 rings (SSSR count). The van der Waals surface area contributed by atoms with Gasteiger partial charge in [0.05, 0.1) is 24.0 Å². The summed E-state index contributed by atoms with van der Waals surface area (Å²) in [6.07, 6.45) is 2.79. The molecule has 0 radical (unpaired) electrons. The molecule has 2 aliphatic rings. The van der Waals surface area contributed by atoms with Crippen LogP contribution in [0.3, 0.4) is 0 Å². The monoisotopic (exact) mass is 396 g/mol. The van der Waals surface area contributed by atoms with Gasteiger partial charge in [0.1, 0.15) is 6.54 Å². The van der Waals surface area contributed by atoms with Gasteiger partial charge in [-0.15, -0.1) is 11.8 Å². The molecule has 0 aliphatic carbocycles. The van der Waals surface area contributed by atoms with Crippen LogP contribution < -0.4 is 15.5 Å². The summed E-state index contributed by atoms with van der Waals surface area (Å²) >= 11 is 1.46. The van der Waals surface area contributed by atoms with Crippen molar-refractivity contribution in [3.05, 3.63) is 59.7 Å². The number of quaternary nitrogens is 1. The van der Waals surface area contributed by atoms with Crippen molar-refractivity contribution in [2.24, 2.45) is 0 Å². The Kier molecular flexibility index (Phi) is 5.98. The summed E-state index contributed by atoms with van der Waals surface area (Å²) in [5, 5.41) is 5.52. The van der Waals surface area contributed by atoms with Crippen molar-refractivity contribution in [2.45, 2.75) is 42.5 Å². The molecule has 2 aliphatic heterocycles. The highest BCUT2D eigenvalue weighted by Crippen LogP contribution is 2.36. The Morgan fingerprint density at radius 1 is 1.07 bits per heavy atom. The number of thioether (sulfide) groups is 1. The van der Waals surface area contributed by atoms with Gasteiger partial charge in [-0.1, -0.05) is 36.4 Å². The highest BCUT2D eigenvalue weighted by Gasteiger charge is 2.28. The third kappa shape index (κ3) is 4.56. The van der Waals surface area contributed by atoms with Crippen molar-refractivity contribution in [3.8, 4) is 0 Å². The van der Waals surface area contributed by atoms with Crippen LogP contribution in [0.25, 0.3) is 0 Å². The number of amides is 2. The van der Waals surface area contributed by atoms with Crippen LogP contribution >= 0.6 is 11.8 Å². The lowest BCUT2D eigenvalue weighted by Crippen LogP contribution is -3.08. The predicted molar refractivity (Wildman–Crippen MR) is 111 cm³/mol. The van der Waals surface area contributed by atoms with Crippen molar-refractivity contribution in [1.82, 2.24) is 5.32 Å². The van der Waals surface area contributed by atoms with Crippen LogP contribution in [-0.4, -0.2) is 30.2 Å². The molecule has 0 bridgehead atoms. The first-order valence-corrected chi connectivity index (χ1v) is 10.8. The Labute approximate surface area is 169 Å². The van der Waals surface area contributed by atoms with E-state index in [9.17, 15) is 9.59 Å². The molecule has 1 saturated heterocycles. The van der Waals surface area contributed by atoms with E-state index in [0.29, 0.717) is 6.54 Å². The van der Waals surface area contributed by atoms with Crippen molar-refractivity contribution in [3.63, 3.8) is 0 Å². The third-order valence-corrected chi connectivity index (χ3v) is 6.70. The van der Waals surface area contributed by atoms with Gasteiger partial charge in [0.25, 0.3) is 0 Å². The maximum absolute atomic E-state index is 12.5. The minimum atomic E-state index is -0.390. The molecule has 0 aromatic heterocycles. The Balaban J connectivity index is 1.33. The topological polar surface area (TPSA) is 62.6 Å². The summed E-state index contributed by atoms with van der Waals surface area (Å²) in [6, 6.07) is 16.0. The Bertz CT molecular complexity index is 864. The molecule has 3 N–H and O–H groups in total. The minimum Gasteiger partial charge on any atom is -0.352 e. The first-order valence-electron chi connectivity index (χ1n) is 9.92. The van der Waals surface area contributed by atoms with Crippen LogP contribution in [0.1, 0.15) is 30.4 Å². The fourth-order valence-electron chi connectivity index (χ4n) is 3.88. The number of anilines is 1. The molecule has 1 fully saturated rings. The number of likely N-dealkylation sites (tertiary alicyclic amines) is 1. The molecule has 28 heavy (non-hydrogen) atoms. The van der Waals surface area contributed by atoms with Gasteiger partial charge in [-0.2, -0.15) is 0 Å². The summed E-state index contributed by atoms with van der Waals surface area (Å²) in [6.45, 7) is 3.99. The highest BCUT2D eigenvalue weighted by molar-refractivity contribution is 8.01. The molecule has 0 saturated carbocycles. The van der Waals surface area contributed by atoms with Crippen LogP contribution in [0.2, 0.25) is 0 Å². The summed E-state index contributed by atoms with van der Waals surface area (Å²) < 4.78 is 0. The Morgan fingerprint density at radius 3 is 2.61 bits per heavy atom. The zero-order chi connectivity index (χ0) is 19.3. The number of para-hydroxylation sites is 1. The number of rotatable bonds is 6. The molecule has 6 heteroatoms. The van der Waals surface area contributed by atoms with Gasteiger partial charge < -0.3 is 15.5 Å². The second-order valence-corrected chi connectivity index (χ2v) is 8.72. The largest absolute Gasteiger partial charge is 0.352 e. The van der Waals surface area contributed by atoms with E-state index in [0.717, 1.165) is 17.1 Å². The molecule has 5 nitrogen and oxygen atoms in total. The number of fused-ring (bicyclic) bond motifs is 1. The van der Waals surface area contributed by atoms with Gasteiger partial charge in [-0.25, -0.2) is 0 Å². The summed E-state index contributed by atoms with van der Waals surface area (Å²) in [5.41, 5.74) is 3.30. The van der Waals surface area contributed by atoms with E-state index in [1.807, 2.05) is 30.3 Å². The maximum Gasteiger partial charge on any atom is 0.238 e. The SMILES string of the molecule is O=C(C[C@H]1Sc2ccccc2NC1=O)NCc1ccccc1C[NH+]1CCCC1. The summed E-state index contributed by atoms with van der Waals surface area (Å²) in [7, 11) is 0. The van der Waals surface area contributed by atoms with Gasteiger partial charge in [-0.3, -0.25) is 9.59 Å². The lowest BCUT2D eigenvalue weighted by molar-refractivity contribution is -0.901. The predicted octanol–water partition coefficient (Wildman–Crippen LogP) is 1.98. The molecular formula is C22H26N3O2S+. The fraction of sp³-hybridized carbons (Fsp3) is 0.364. The number of carbonyl (C=O) groups excluding carboxylic acids is 2. The zero-order valence-corrected chi connectivity index (χ0v) is 16.7. The highest BCUT2D eigenvalue weighted by atomic mass is 32.2. The fourth-order valence-corrected chi connectivity index (χ4v) is 5.00. The lowest BCUT2D eigenvalue weighted by atomic mass is 10.1. The quantitative estimate of drug-likeness (QED) is 0.700. The van der Waals surface area contributed by atoms with Gasteiger partial charge in [0, 0.05) is 36.3 Å². The second-order valence-electron chi connectivity index (χ2n) is 7.48. The molecule has 2 heterocycles. The van der Waals surface area contributed by atoms with Gasteiger partial charge in [0.2, 0.25) is 11.8 Å². The van der Waals surface area contributed by atoms with Crippen LogP contribution in [0, 0.1) is 0 Å². The van der Waals surface area contributed by atoms with Gasteiger partial charge in [-0.05, 0) is 17.7 Å².